The molecule has 0 spiro atoms. The van der Waals surface area contributed by atoms with E-state index in [0.717, 1.165) is 18.3 Å². The Morgan fingerprint density at radius 2 is 2.60 bits per heavy atom. The lowest BCUT2D eigenvalue weighted by atomic mass is 10.2. The van der Waals surface area contributed by atoms with E-state index in [9.17, 15) is 4.79 Å². The number of hydrogen-bond acceptors (Lipinski definition) is 2. The summed E-state index contributed by atoms with van der Waals surface area (Å²) < 4.78 is 41.8. The fraction of sp³-hybridized carbons (Fsp3) is 0.250. The maximum Gasteiger partial charge on any atom is 0.161 e. The summed E-state index contributed by atoms with van der Waals surface area (Å²) in [7, 11) is 0. The van der Waals surface area contributed by atoms with Gasteiger partial charge in [0, 0.05) is 25.7 Å². The lowest BCUT2D eigenvalue weighted by molar-refractivity contribution is 0.101. The zero-order chi connectivity index (χ0) is 12.6. The number of pyridine rings is 1. The summed E-state index contributed by atoms with van der Waals surface area (Å²) in [6.45, 7) is -5.09. The Bertz CT molecular complexity index is 390. The number of hydrogen-bond donors (Lipinski definition) is 0. The third-order valence-corrected chi connectivity index (χ3v) is 1.03. The largest absolute Gasteiger partial charge is 0.294 e. The van der Waals surface area contributed by atoms with Crippen molar-refractivity contribution >= 4 is 5.78 Å². The molecule has 1 aromatic rings. The molecule has 10 heavy (non-hydrogen) atoms. The van der Waals surface area contributed by atoms with E-state index in [-0.39, 0.29) is 11.3 Å². The van der Waals surface area contributed by atoms with Gasteiger partial charge < -0.3 is 0 Å². The Hall–Kier alpha value is -1.18. The van der Waals surface area contributed by atoms with Crippen LogP contribution in [-0.2, 0) is 0 Å². The molecule has 0 aromatic carbocycles. The minimum Gasteiger partial charge on any atom is -0.294 e. The molecule has 1 heterocycles. The SMILES string of the molecule is [2H]C([2H])([2H])C(=O)c1ccc(C([2H])([2H])[2H])nc1. The van der Waals surface area contributed by atoms with E-state index in [1.54, 1.807) is 0 Å². The number of carbonyl (C=O) groups excluding carboxylic acids is 1. The molecule has 0 bridgehead atoms. The summed E-state index contributed by atoms with van der Waals surface area (Å²) in [5.41, 5.74) is -0.289. The zero-order valence-corrected chi connectivity index (χ0v) is 5.09. The van der Waals surface area contributed by atoms with Gasteiger partial charge >= 0.3 is 0 Å². The summed E-state index contributed by atoms with van der Waals surface area (Å²) in [6, 6.07) is 2.29. The summed E-state index contributed by atoms with van der Waals surface area (Å²) in [5.74, 6) is -1.04. The molecule has 0 N–H and O–H groups in total. The highest BCUT2D eigenvalue weighted by Crippen LogP contribution is 1.98. The molecular formula is C8H9NO. The second kappa shape index (κ2) is 2.60. The van der Waals surface area contributed by atoms with Gasteiger partial charge in [-0.3, -0.25) is 9.78 Å². The van der Waals surface area contributed by atoms with Crippen LogP contribution in [0.5, 0.6) is 0 Å². The lowest BCUT2D eigenvalue weighted by Crippen LogP contribution is -1.92. The first kappa shape index (κ1) is 2.46. The maximum absolute atomic E-state index is 11.3. The molecule has 0 unspecified atom stereocenters. The Kier molecular flexibility index (Phi) is 0.639. The summed E-state index contributed by atoms with van der Waals surface area (Å²) in [4.78, 5) is 14.8. The Balaban J connectivity index is 3.01. The molecule has 0 saturated carbocycles. The van der Waals surface area contributed by atoms with Gasteiger partial charge in [0.05, 0.1) is 0 Å². The normalized spacial score (nSPS) is 20.8. The van der Waals surface area contributed by atoms with E-state index in [1.807, 2.05) is 0 Å². The van der Waals surface area contributed by atoms with Gasteiger partial charge in [0.1, 0.15) is 0 Å². The molecule has 0 aliphatic heterocycles. The number of rotatable bonds is 1. The van der Waals surface area contributed by atoms with E-state index < -0.39 is 19.5 Å². The van der Waals surface area contributed by atoms with Gasteiger partial charge in [-0.1, -0.05) is 0 Å². The van der Waals surface area contributed by atoms with Crippen LogP contribution in [0, 0.1) is 6.85 Å². The van der Waals surface area contributed by atoms with Gasteiger partial charge in [-0.2, -0.15) is 0 Å². The van der Waals surface area contributed by atoms with Crippen molar-refractivity contribution in [2.75, 3.05) is 0 Å². The summed E-state index contributed by atoms with van der Waals surface area (Å²) in [5, 5.41) is 0. The standard InChI is InChI=1S/C8H9NO/c1-6-3-4-8(5-9-6)7(2)10/h3-5H,1-2H3/i1D3,2D3. The van der Waals surface area contributed by atoms with Crippen LogP contribution >= 0.6 is 0 Å². The Morgan fingerprint density at radius 1 is 1.70 bits per heavy atom. The minimum atomic E-state index is -2.73. The summed E-state index contributed by atoms with van der Waals surface area (Å²) >= 11 is 0. The molecule has 52 valence electrons. The van der Waals surface area contributed by atoms with Crippen LogP contribution in [0.1, 0.15) is 31.1 Å². The van der Waals surface area contributed by atoms with E-state index in [1.165, 1.54) is 0 Å². The van der Waals surface area contributed by atoms with Crippen LogP contribution < -0.4 is 0 Å². The number of carbonyl (C=O) groups is 1. The van der Waals surface area contributed by atoms with Gasteiger partial charge in [-0.15, -0.1) is 0 Å². The first-order chi connectivity index (χ1) is 7.12. The minimum absolute atomic E-state index is 0.118. The highest BCUT2D eigenvalue weighted by Gasteiger charge is 1.96. The first-order valence-electron chi connectivity index (χ1n) is 5.64. The summed E-state index contributed by atoms with van der Waals surface area (Å²) in [6.07, 6.45) is 0.969. The Morgan fingerprint density at radius 3 is 3.10 bits per heavy atom. The Labute approximate surface area is 68.3 Å². The van der Waals surface area contributed by atoms with Crippen molar-refractivity contribution in [3.05, 3.63) is 29.6 Å². The number of aromatic nitrogens is 1. The van der Waals surface area contributed by atoms with Gasteiger partial charge in [-0.25, -0.2) is 0 Å². The predicted octanol–water partition coefficient (Wildman–Crippen LogP) is 1.59. The second-order valence-electron chi connectivity index (χ2n) is 1.76. The van der Waals surface area contributed by atoms with Crippen molar-refractivity contribution in [2.24, 2.45) is 0 Å². The van der Waals surface area contributed by atoms with E-state index in [0.29, 0.717) is 0 Å². The highest BCUT2D eigenvalue weighted by molar-refractivity contribution is 5.93. The molecule has 1 aromatic heterocycles. The topological polar surface area (TPSA) is 30.0 Å². The molecule has 0 saturated heterocycles. The fourth-order valence-corrected chi connectivity index (χ4v) is 0.528. The average Bonchev–Trinajstić information content (AvgIpc) is 2.14. The van der Waals surface area contributed by atoms with Crippen LogP contribution in [0.4, 0.5) is 0 Å². The molecule has 2 nitrogen and oxygen atoms in total. The smallest absolute Gasteiger partial charge is 0.161 e. The fourth-order valence-electron chi connectivity index (χ4n) is 0.528. The number of Topliss-reactive ketones (excluding diaryl/α,β-unsaturated/α-hetero) is 1. The van der Waals surface area contributed by atoms with Gasteiger partial charge in [0.2, 0.25) is 0 Å². The molecule has 1 rings (SSSR count). The maximum atomic E-state index is 11.3. The quantitative estimate of drug-likeness (QED) is 0.556. The van der Waals surface area contributed by atoms with Crippen molar-refractivity contribution < 1.29 is 13.0 Å². The monoisotopic (exact) mass is 141 g/mol. The van der Waals surface area contributed by atoms with Crippen LogP contribution in [0.2, 0.25) is 0 Å². The van der Waals surface area contributed by atoms with Crippen molar-refractivity contribution in [3.63, 3.8) is 0 Å². The van der Waals surface area contributed by atoms with Crippen molar-refractivity contribution in [1.82, 2.24) is 4.98 Å². The highest BCUT2D eigenvalue weighted by atomic mass is 16.1. The molecule has 0 radical (unpaired) electrons. The van der Waals surface area contributed by atoms with E-state index in [2.05, 4.69) is 4.98 Å². The van der Waals surface area contributed by atoms with Crippen molar-refractivity contribution in [2.45, 2.75) is 13.7 Å². The third-order valence-electron chi connectivity index (χ3n) is 1.03. The van der Waals surface area contributed by atoms with E-state index >= 15 is 0 Å². The lowest BCUT2D eigenvalue weighted by Gasteiger charge is -1.93. The molecule has 0 fully saturated rings. The number of nitrogens with zero attached hydrogens (tertiary/aromatic N) is 1. The molecule has 0 atom stereocenters. The van der Waals surface area contributed by atoms with Crippen molar-refractivity contribution in [3.8, 4) is 0 Å². The number of aryl methyl sites for hydroxylation is 1. The second-order valence-corrected chi connectivity index (χ2v) is 1.76. The van der Waals surface area contributed by atoms with Gasteiger partial charge in [-0.05, 0) is 25.8 Å². The van der Waals surface area contributed by atoms with Crippen LogP contribution in [0.15, 0.2) is 18.3 Å². The van der Waals surface area contributed by atoms with E-state index in [4.69, 9.17) is 8.22 Å². The molecule has 0 aliphatic carbocycles. The predicted molar refractivity (Wildman–Crippen MR) is 39.0 cm³/mol. The third kappa shape index (κ3) is 1.41. The molecular weight excluding hydrogens is 126 g/mol. The average molecular weight is 141 g/mol. The number of ketones is 1. The van der Waals surface area contributed by atoms with Gasteiger partial charge in [0.25, 0.3) is 0 Å². The van der Waals surface area contributed by atoms with Gasteiger partial charge in [0.15, 0.2) is 5.78 Å². The van der Waals surface area contributed by atoms with Crippen LogP contribution in [0.3, 0.4) is 0 Å². The molecule has 0 amide bonds. The van der Waals surface area contributed by atoms with Crippen LogP contribution in [0.25, 0.3) is 0 Å². The first-order valence-corrected chi connectivity index (χ1v) is 2.64. The van der Waals surface area contributed by atoms with Crippen LogP contribution in [-0.4, -0.2) is 10.8 Å². The zero-order valence-electron chi connectivity index (χ0n) is 11.1. The molecule has 2 heteroatoms. The van der Waals surface area contributed by atoms with Crippen molar-refractivity contribution in [1.29, 1.82) is 0 Å². The molecule has 0 aliphatic rings.